The molecule has 0 radical (unpaired) electrons. The summed E-state index contributed by atoms with van der Waals surface area (Å²) >= 11 is 5.89. The molecule has 3 heteroatoms. The van der Waals surface area contributed by atoms with Crippen molar-refractivity contribution in [1.82, 2.24) is 4.90 Å². The highest BCUT2D eigenvalue weighted by Crippen LogP contribution is 2.12. The van der Waals surface area contributed by atoms with Gasteiger partial charge in [-0.15, -0.1) is 11.6 Å². The molecule has 2 nitrogen and oxygen atoms in total. The Morgan fingerprint density at radius 1 is 1.39 bits per heavy atom. The smallest absolute Gasteiger partial charge is 0.226 e. The minimum Gasteiger partial charge on any atom is -0.345 e. The Kier molecular flexibility index (Phi) is 5.67. The van der Waals surface area contributed by atoms with Gasteiger partial charge in [0.25, 0.3) is 0 Å². The third-order valence-corrected chi connectivity index (χ3v) is 3.35. The van der Waals surface area contributed by atoms with Crippen molar-refractivity contribution in [2.75, 3.05) is 13.6 Å². The fraction of sp³-hybridized carbons (Fsp3) is 0.533. The number of hydrogen-bond donors (Lipinski definition) is 0. The van der Waals surface area contributed by atoms with Crippen LogP contribution in [-0.2, 0) is 11.2 Å². The SMILES string of the molecule is Cc1ccc(C)c(CC(=O)N(C)CCC(C)Cl)c1. The molecule has 0 fully saturated rings. The third-order valence-electron chi connectivity index (χ3n) is 3.13. The number of amides is 1. The van der Waals surface area contributed by atoms with Crippen molar-refractivity contribution >= 4 is 17.5 Å². The molecule has 0 aromatic heterocycles. The minimum absolute atomic E-state index is 0.112. The number of halogens is 1. The van der Waals surface area contributed by atoms with Crippen molar-refractivity contribution in [3.63, 3.8) is 0 Å². The van der Waals surface area contributed by atoms with E-state index < -0.39 is 0 Å². The second kappa shape index (κ2) is 6.79. The number of likely N-dealkylation sites (N-methyl/N-ethyl adjacent to an activating group) is 1. The van der Waals surface area contributed by atoms with Crippen LogP contribution in [0.25, 0.3) is 0 Å². The highest BCUT2D eigenvalue weighted by molar-refractivity contribution is 6.20. The van der Waals surface area contributed by atoms with Crippen LogP contribution in [0.5, 0.6) is 0 Å². The summed E-state index contributed by atoms with van der Waals surface area (Å²) in [6.45, 7) is 6.76. The van der Waals surface area contributed by atoms with E-state index in [1.54, 1.807) is 4.90 Å². The normalized spacial score (nSPS) is 12.3. The molecule has 0 heterocycles. The lowest BCUT2D eigenvalue weighted by atomic mass is 10.0. The molecule has 100 valence electrons. The van der Waals surface area contributed by atoms with Gasteiger partial charge in [0.15, 0.2) is 0 Å². The number of rotatable bonds is 5. The van der Waals surface area contributed by atoms with E-state index in [1.807, 2.05) is 27.8 Å². The molecule has 1 aromatic rings. The van der Waals surface area contributed by atoms with E-state index >= 15 is 0 Å². The first-order valence-electron chi connectivity index (χ1n) is 6.34. The largest absolute Gasteiger partial charge is 0.345 e. The Hall–Kier alpha value is -1.02. The van der Waals surface area contributed by atoms with Crippen LogP contribution in [0.2, 0.25) is 0 Å². The molecule has 0 saturated carbocycles. The van der Waals surface area contributed by atoms with Crippen molar-refractivity contribution in [3.05, 3.63) is 34.9 Å². The van der Waals surface area contributed by atoms with E-state index in [9.17, 15) is 4.79 Å². The number of alkyl halides is 1. The van der Waals surface area contributed by atoms with Gasteiger partial charge in [-0.25, -0.2) is 0 Å². The Labute approximate surface area is 115 Å². The Bertz CT molecular complexity index is 415. The summed E-state index contributed by atoms with van der Waals surface area (Å²) in [6.07, 6.45) is 1.30. The van der Waals surface area contributed by atoms with Crippen molar-refractivity contribution in [2.24, 2.45) is 0 Å². The van der Waals surface area contributed by atoms with Gasteiger partial charge < -0.3 is 4.90 Å². The molecule has 0 aliphatic carbocycles. The summed E-state index contributed by atoms with van der Waals surface area (Å²) < 4.78 is 0. The van der Waals surface area contributed by atoms with Gasteiger partial charge in [-0.2, -0.15) is 0 Å². The molecular weight excluding hydrogens is 246 g/mol. The Balaban J connectivity index is 2.61. The average Bonchev–Trinajstić information content (AvgIpc) is 2.30. The third kappa shape index (κ3) is 4.69. The summed E-state index contributed by atoms with van der Waals surface area (Å²) in [6, 6.07) is 6.23. The van der Waals surface area contributed by atoms with E-state index in [0.29, 0.717) is 13.0 Å². The zero-order valence-corrected chi connectivity index (χ0v) is 12.4. The van der Waals surface area contributed by atoms with Gasteiger partial charge in [0.05, 0.1) is 6.42 Å². The molecule has 0 saturated heterocycles. The lowest BCUT2D eigenvalue weighted by Gasteiger charge is -2.18. The lowest BCUT2D eigenvalue weighted by molar-refractivity contribution is -0.129. The first-order valence-corrected chi connectivity index (χ1v) is 6.78. The Morgan fingerprint density at radius 2 is 2.06 bits per heavy atom. The lowest BCUT2D eigenvalue weighted by Crippen LogP contribution is -2.30. The zero-order chi connectivity index (χ0) is 13.7. The summed E-state index contributed by atoms with van der Waals surface area (Å²) in [5.74, 6) is 0.154. The molecule has 1 amide bonds. The maximum atomic E-state index is 12.1. The van der Waals surface area contributed by atoms with Crippen LogP contribution in [0.15, 0.2) is 18.2 Å². The number of nitrogens with zero attached hydrogens (tertiary/aromatic N) is 1. The van der Waals surface area contributed by atoms with Crippen LogP contribution in [0.4, 0.5) is 0 Å². The van der Waals surface area contributed by atoms with E-state index in [2.05, 4.69) is 18.2 Å². The molecule has 0 N–H and O–H groups in total. The van der Waals surface area contributed by atoms with E-state index in [-0.39, 0.29) is 11.3 Å². The molecule has 0 bridgehead atoms. The van der Waals surface area contributed by atoms with E-state index in [0.717, 1.165) is 12.0 Å². The predicted octanol–water partition coefficient (Wildman–Crippen LogP) is 3.32. The standard InChI is InChI=1S/C15H22ClNO/c1-11-5-6-12(2)14(9-11)10-15(18)17(4)8-7-13(3)16/h5-6,9,13H,7-8,10H2,1-4H3. The van der Waals surface area contributed by atoms with E-state index in [4.69, 9.17) is 11.6 Å². The highest BCUT2D eigenvalue weighted by Gasteiger charge is 2.11. The second-order valence-electron chi connectivity index (χ2n) is 4.99. The zero-order valence-electron chi connectivity index (χ0n) is 11.7. The number of carbonyl (C=O) groups excluding carboxylic acids is 1. The van der Waals surface area contributed by atoms with Crippen LogP contribution >= 0.6 is 11.6 Å². The van der Waals surface area contributed by atoms with Crippen molar-refractivity contribution < 1.29 is 4.79 Å². The summed E-state index contributed by atoms with van der Waals surface area (Å²) in [5, 5.41) is 0.112. The second-order valence-corrected chi connectivity index (χ2v) is 5.74. The van der Waals surface area contributed by atoms with Gasteiger partial charge in [-0.05, 0) is 38.3 Å². The topological polar surface area (TPSA) is 20.3 Å². The highest BCUT2D eigenvalue weighted by atomic mass is 35.5. The number of benzene rings is 1. The number of hydrogen-bond acceptors (Lipinski definition) is 1. The summed E-state index contributed by atoms with van der Waals surface area (Å²) in [5.41, 5.74) is 3.49. The van der Waals surface area contributed by atoms with Gasteiger partial charge in [-0.1, -0.05) is 23.8 Å². The van der Waals surface area contributed by atoms with Gasteiger partial charge in [-0.3, -0.25) is 4.79 Å². The molecule has 18 heavy (non-hydrogen) atoms. The maximum absolute atomic E-state index is 12.1. The van der Waals surface area contributed by atoms with Crippen LogP contribution in [0.3, 0.4) is 0 Å². The predicted molar refractivity (Wildman–Crippen MR) is 77.2 cm³/mol. The van der Waals surface area contributed by atoms with Crippen molar-refractivity contribution in [2.45, 2.75) is 39.0 Å². The monoisotopic (exact) mass is 267 g/mol. The molecule has 1 atom stereocenters. The van der Waals surface area contributed by atoms with E-state index in [1.165, 1.54) is 11.1 Å². The first kappa shape index (κ1) is 15.0. The minimum atomic E-state index is 0.112. The average molecular weight is 268 g/mol. The molecule has 1 aromatic carbocycles. The van der Waals surface area contributed by atoms with Gasteiger partial charge in [0.2, 0.25) is 5.91 Å². The van der Waals surface area contributed by atoms with Crippen LogP contribution in [0.1, 0.15) is 30.0 Å². The van der Waals surface area contributed by atoms with Crippen LogP contribution in [-0.4, -0.2) is 29.8 Å². The molecule has 0 spiro atoms. The molecule has 0 aliphatic heterocycles. The van der Waals surface area contributed by atoms with Gasteiger partial charge in [0, 0.05) is 19.0 Å². The maximum Gasteiger partial charge on any atom is 0.226 e. The van der Waals surface area contributed by atoms with Crippen LogP contribution in [0, 0.1) is 13.8 Å². The van der Waals surface area contributed by atoms with Crippen LogP contribution < -0.4 is 0 Å². The summed E-state index contributed by atoms with van der Waals surface area (Å²) in [7, 11) is 1.84. The Morgan fingerprint density at radius 3 is 2.67 bits per heavy atom. The molecule has 1 rings (SSSR count). The van der Waals surface area contributed by atoms with Gasteiger partial charge in [0.1, 0.15) is 0 Å². The van der Waals surface area contributed by atoms with Crippen molar-refractivity contribution in [3.8, 4) is 0 Å². The summed E-state index contributed by atoms with van der Waals surface area (Å²) in [4.78, 5) is 13.8. The number of aryl methyl sites for hydroxylation is 2. The molecule has 1 unspecified atom stereocenters. The molecule has 0 aliphatic rings. The number of carbonyl (C=O) groups is 1. The fourth-order valence-electron chi connectivity index (χ4n) is 1.78. The van der Waals surface area contributed by atoms with Crippen molar-refractivity contribution in [1.29, 1.82) is 0 Å². The fourth-order valence-corrected chi connectivity index (χ4v) is 1.88. The quantitative estimate of drug-likeness (QED) is 0.750. The van der Waals surface area contributed by atoms with Gasteiger partial charge >= 0.3 is 0 Å². The first-order chi connectivity index (χ1) is 8.40. The molecular formula is C15H22ClNO.